The summed E-state index contributed by atoms with van der Waals surface area (Å²) in [6.07, 6.45) is 0. The predicted molar refractivity (Wildman–Crippen MR) is 76.0 cm³/mol. The summed E-state index contributed by atoms with van der Waals surface area (Å²) in [5.74, 6) is 0.916. The molecule has 1 aromatic carbocycles. The largest absolute Gasteiger partial charge is 0.492 e. The van der Waals surface area contributed by atoms with Crippen LogP contribution in [-0.4, -0.2) is 56.5 Å². The number of hydrogen-bond donors (Lipinski definition) is 1. The van der Waals surface area contributed by atoms with Crippen molar-refractivity contribution in [2.24, 2.45) is 5.73 Å². The lowest BCUT2D eigenvalue weighted by Gasteiger charge is -2.19. The Morgan fingerprint density at radius 3 is 2.37 bits per heavy atom. The smallest absolute Gasteiger partial charge is 0.236 e. The average Bonchev–Trinajstić information content (AvgIpc) is 2.39. The molecule has 0 heterocycles. The first-order chi connectivity index (χ1) is 9.02. The molecule has 2 N–H and O–H groups in total. The number of benzene rings is 1. The number of ether oxygens (including phenoxy) is 1. The maximum atomic E-state index is 11.5. The Morgan fingerprint density at radius 2 is 1.84 bits per heavy atom. The second-order valence-corrected chi connectivity index (χ2v) is 4.72. The zero-order chi connectivity index (χ0) is 14.3. The van der Waals surface area contributed by atoms with Gasteiger partial charge in [0.25, 0.3) is 0 Å². The van der Waals surface area contributed by atoms with E-state index in [-0.39, 0.29) is 5.91 Å². The lowest BCUT2D eigenvalue weighted by molar-refractivity contribution is -0.129. The number of nitrogens with zero attached hydrogens (tertiary/aromatic N) is 2. The number of likely N-dealkylation sites (N-methyl/N-ethyl adjacent to an activating group) is 2. The molecule has 0 atom stereocenters. The SMILES string of the molecule is CN(CCOc1ccc(CN)cc1)CC(=O)N(C)C. The predicted octanol–water partition coefficient (Wildman–Crippen LogP) is 0.544. The van der Waals surface area contributed by atoms with Gasteiger partial charge in [0.1, 0.15) is 12.4 Å². The van der Waals surface area contributed by atoms with Crippen molar-refractivity contribution in [3.8, 4) is 5.75 Å². The highest BCUT2D eigenvalue weighted by molar-refractivity contribution is 5.77. The molecule has 1 amide bonds. The molecule has 0 saturated heterocycles. The van der Waals surface area contributed by atoms with Gasteiger partial charge in [-0.15, -0.1) is 0 Å². The summed E-state index contributed by atoms with van der Waals surface area (Å²) in [4.78, 5) is 15.0. The number of carbonyl (C=O) groups is 1. The first-order valence-corrected chi connectivity index (χ1v) is 6.33. The number of carbonyl (C=O) groups excluding carboxylic acids is 1. The molecule has 0 spiro atoms. The highest BCUT2D eigenvalue weighted by Gasteiger charge is 2.07. The van der Waals surface area contributed by atoms with Gasteiger partial charge < -0.3 is 15.4 Å². The minimum Gasteiger partial charge on any atom is -0.492 e. The highest BCUT2D eigenvalue weighted by atomic mass is 16.5. The molecule has 5 nitrogen and oxygen atoms in total. The van der Waals surface area contributed by atoms with Crippen molar-refractivity contribution in [3.05, 3.63) is 29.8 Å². The molecule has 0 aliphatic carbocycles. The van der Waals surface area contributed by atoms with E-state index < -0.39 is 0 Å². The summed E-state index contributed by atoms with van der Waals surface area (Å²) < 4.78 is 5.61. The van der Waals surface area contributed by atoms with Crippen LogP contribution >= 0.6 is 0 Å². The molecule has 0 aliphatic rings. The van der Waals surface area contributed by atoms with Crippen LogP contribution in [0.3, 0.4) is 0 Å². The van der Waals surface area contributed by atoms with E-state index in [1.165, 1.54) is 0 Å². The third-order valence-corrected chi connectivity index (χ3v) is 2.80. The molecular formula is C14H23N3O2. The summed E-state index contributed by atoms with van der Waals surface area (Å²) in [5.41, 5.74) is 6.61. The lowest BCUT2D eigenvalue weighted by Crippen LogP contribution is -2.36. The van der Waals surface area contributed by atoms with E-state index in [4.69, 9.17) is 10.5 Å². The normalized spacial score (nSPS) is 10.6. The van der Waals surface area contributed by atoms with E-state index in [0.29, 0.717) is 26.2 Å². The second-order valence-electron chi connectivity index (χ2n) is 4.72. The fourth-order valence-corrected chi connectivity index (χ4v) is 1.49. The Hall–Kier alpha value is -1.59. The summed E-state index contributed by atoms with van der Waals surface area (Å²) in [7, 11) is 5.42. The molecule has 1 aromatic rings. The van der Waals surface area contributed by atoms with Crippen LogP contribution in [0.15, 0.2) is 24.3 Å². The fourth-order valence-electron chi connectivity index (χ4n) is 1.49. The van der Waals surface area contributed by atoms with Gasteiger partial charge in [0, 0.05) is 27.2 Å². The zero-order valence-electron chi connectivity index (χ0n) is 11.9. The monoisotopic (exact) mass is 265 g/mol. The Balaban J connectivity index is 2.27. The minimum atomic E-state index is 0.0924. The molecule has 0 aliphatic heterocycles. The summed E-state index contributed by atoms with van der Waals surface area (Å²) in [5, 5.41) is 0. The van der Waals surface area contributed by atoms with E-state index in [2.05, 4.69) is 0 Å². The van der Waals surface area contributed by atoms with Crippen LogP contribution in [0, 0.1) is 0 Å². The van der Waals surface area contributed by atoms with E-state index >= 15 is 0 Å². The summed E-state index contributed by atoms with van der Waals surface area (Å²) in [6.45, 7) is 2.20. The Labute approximate surface area is 114 Å². The third-order valence-electron chi connectivity index (χ3n) is 2.80. The highest BCUT2D eigenvalue weighted by Crippen LogP contribution is 2.11. The molecule has 106 valence electrons. The first kappa shape index (κ1) is 15.5. The lowest BCUT2D eigenvalue weighted by atomic mass is 10.2. The number of nitrogens with two attached hydrogens (primary N) is 1. The molecular weight excluding hydrogens is 242 g/mol. The zero-order valence-corrected chi connectivity index (χ0v) is 11.9. The van der Waals surface area contributed by atoms with Gasteiger partial charge in [0.05, 0.1) is 6.54 Å². The van der Waals surface area contributed by atoms with Crippen molar-refractivity contribution in [2.75, 3.05) is 40.8 Å². The first-order valence-electron chi connectivity index (χ1n) is 6.33. The van der Waals surface area contributed by atoms with Crippen LogP contribution in [-0.2, 0) is 11.3 Å². The van der Waals surface area contributed by atoms with Crippen LogP contribution in [0.4, 0.5) is 0 Å². The van der Waals surface area contributed by atoms with Crippen molar-refractivity contribution in [1.29, 1.82) is 0 Å². The van der Waals surface area contributed by atoms with E-state index in [1.807, 2.05) is 36.2 Å². The molecule has 0 radical (unpaired) electrons. The maximum Gasteiger partial charge on any atom is 0.236 e. The van der Waals surface area contributed by atoms with Gasteiger partial charge in [0.15, 0.2) is 0 Å². The summed E-state index contributed by atoms with van der Waals surface area (Å²) in [6, 6.07) is 7.73. The second kappa shape index (κ2) is 7.76. The van der Waals surface area contributed by atoms with E-state index in [1.54, 1.807) is 19.0 Å². The van der Waals surface area contributed by atoms with Gasteiger partial charge in [0.2, 0.25) is 5.91 Å². The molecule has 0 saturated carbocycles. The molecule has 19 heavy (non-hydrogen) atoms. The van der Waals surface area contributed by atoms with Gasteiger partial charge in [-0.25, -0.2) is 0 Å². The fraction of sp³-hybridized carbons (Fsp3) is 0.500. The van der Waals surface area contributed by atoms with Crippen LogP contribution in [0.5, 0.6) is 5.75 Å². The van der Waals surface area contributed by atoms with Gasteiger partial charge in [-0.05, 0) is 24.7 Å². The molecule has 0 fully saturated rings. The standard InChI is InChI=1S/C14H23N3O2/c1-16(2)14(18)11-17(3)8-9-19-13-6-4-12(10-15)5-7-13/h4-7H,8-11,15H2,1-3H3. The van der Waals surface area contributed by atoms with Gasteiger partial charge in [-0.2, -0.15) is 0 Å². The topological polar surface area (TPSA) is 58.8 Å². The average molecular weight is 265 g/mol. The van der Waals surface area contributed by atoms with Crippen LogP contribution < -0.4 is 10.5 Å². The molecule has 0 bridgehead atoms. The Kier molecular flexibility index (Phi) is 6.32. The Morgan fingerprint density at radius 1 is 1.21 bits per heavy atom. The summed E-state index contributed by atoms with van der Waals surface area (Å²) >= 11 is 0. The number of rotatable bonds is 7. The molecule has 0 aromatic heterocycles. The van der Waals surface area contributed by atoms with Gasteiger partial charge >= 0.3 is 0 Å². The van der Waals surface area contributed by atoms with Crippen molar-refractivity contribution in [3.63, 3.8) is 0 Å². The Bertz CT molecular complexity index is 390. The molecule has 1 rings (SSSR count). The van der Waals surface area contributed by atoms with Crippen LogP contribution in [0.2, 0.25) is 0 Å². The van der Waals surface area contributed by atoms with Crippen molar-refractivity contribution >= 4 is 5.91 Å². The quantitative estimate of drug-likeness (QED) is 0.782. The van der Waals surface area contributed by atoms with Crippen molar-refractivity contribution in [1.82, 2.24) is 9.80 Å². The van der Waals surface area contributed by atoms with E-state index in [0.717, 1.165) is 11.3 Å². The van der Waals surface area contributed by atoms with Crippen LogP contribution in [0.25, 0.3) is 0 Å². The maximum absolute atomic E-state index is 11.5. The third kappa shape index (κ3) is 5.72. The van der Waals surface area contributed by atoms with Gasteiger partial charge in [-0.1, -0.05) is 12.1 Å². The number of amides is 1. The molecule has 5 heteroatoms. The number of hydrogen-bond acceptors (Lipinski definition) is 4. The van der Waals surface area contributed by atoms with Crippen LogP contribution in [0.1, 0.15) is 5.56 Å². The van der Waals surface area contributed by atoms with Gasteiger partial charge in [-0.3, -0.25) is 9.69 Å². The molecule has 0 unspecified atom stereocenters. The van der Waals surface area contributed by atoms with Crippen molar-refractivity contribution in [2.45, 2.75) is 6.54 Å². The van der Waals surface area contributed by atoms with E-state index in [9.17, 15) is 4.79 Å². The minimum absolute atomic E-state index is 0.0924. The van der Waals surface area contributed by atoms with Crippen molar-refractivity contribution < 1.29 is 9.53 Å².